The van der Waals surface area contributed by atoms with Crippen molar-refractivity contribution >= 4 is 23.4 Å². The molecule has 0 aliphatic heterocycles. The summed E-state index contributed by atoms with van der Waals surface area (Å²) in [5, 5.41) is 11.7. The minimum absolute atomic E-state index is 0.158. The number of thioether (sulfide) groups is 1. The van der Waals surface area contributed by atoms with Crippen molar-refractivity contribution in [2.24, 2.45) is 23.2 Å². The summed E-state index contributed by atoms with van der Waals surface area (Å²) in [6.07, 6.45) is 7.98. The van der Waals surface area contributed by atoms with Gasteiger partial charge in [0, 0.05) is 15.7 Å². The standard InChI is InChI=1S/C18H23ClOS/c19-15-2-1-3-16(7-15)21-11-17(20)18-8-12-4-13(9-18)6-14(5-12)10-18/h1-3,7,12-14,17,20H,4-6,8-11H2. The first kappa shape index (κ1) is 14.4. The van der Waals surface area contributed by atoms with Gasteiger partial charge in [-0.2, -0.15) is 0 Å². The Bertz CT molecular complexity index is 494. The van der Waals surface area contributed by atoms with Crippen molar-refractivity contribution in [3.63, 3.8) is 0 Å². The summed E-state index contributed by atoms with van der Waals surface area (Å²) in [7, 11) is 0. The van der Waals surface area contributed by atoms with Gasteiger partial charge in [-0.3, -0.25) is 0 Å². The molecule has 0 heterocycles. The monoisotopic (exact) mass is 322 g/mol. The molecular formula is C18H23ClOS. The van der Waals surface area contributed by atoms with E-state index in [0.717, 1.165) is 28.5 Å². The Morgan fingerprint density at radius 1 is 1.14 bits per heavy atom. The first-order valence-electron chi connectivity index (χ1n) is 8.19. The summed E-state index contributed by atoms with van der Waals surface area (Å²) in [5.41, 5.74) is 0.236. The van der Waals surface area contributed by atoms with E-state index in [1.807, 2.05) is 18.2 Å². The Morgan fingerprint density at radius 3 is 2.33 bits per heavy atom. The largest absolute Gasteiger partial charge is 0.392 e. The van der Waals surface area contributed by atoms with Crippen molar-refractivity contribution in [2.45, 2.75) is 49.5 Å². The van der Waals surface area contributed by atoms with E-state index in [1.165, 1.54) is 43.4 Å². The van der Waals surface area contributed by atoms with Gasteiger partial charge in [0.2, 0.25) is 0 Å². The van der Waals surface area contributed by atoms with Crippen LogP contribution in [0.15, 0.2) is 29.2 Å². The molecule has 1 N–H and O–H groups in total. The van der Waals surface area contributed by atoms with Gasteiger partial charge in [0.1, 0.15) is 0 Å². The third-order valence-electron chi connectivity index (χ3n) is 6.00. The second-order valence-corrected chi connectivity index (χ2v) is 9.09. The van der Waals surface area contributed by atoms with Gasteiger partial charge in [0.15, 0.2) is 0 Å². The normalized spacial score (nSPS) is 38.7. The van der Waals surface area contributed by atoms with Gasteiger partial charge < -0.3 is 5.11 Å². The van der Waals surface area contributed by atoms with Crippen LogP contribution in [0.4, 0.5) is 0 Å². The predicted octanol–water partition coefficient (Wildman–Crippen LogP) is 5.01. The summed E-state index contributed by atoms with van der Waals surface area (Å²) in [4.78, 5) is 1.17. The van der Waals surface area contributed by atoms with E-state index in [1.54, 1.807) is 11.8 Å². The molecule has 21 heavy (non-hydrogen) atoms. The number of hydrogen-bond acceptors (Lipinski definition) is 2. The summed E-state index contributed by atoms with van der Waals surface area (Å²) in [5.74, 6) is 3.53. The molecule has 4 bridgehead atoms. The molecule has 0 saturated heterocycles. The van der Waals surface area contributed by atoms with Crippen molar-refractivity contribution < 1.29 is 5.11 Å². The minimum Gasteiger partial charge on any atom is -0.392 e. The predicted molar refractivity (Wildman–Crippen MR) is 88.8 cm³/mol. The van der Waals surface area contributed by atoms with Gasteiger partial charge in [-0.25, -0.2) is 0 Å². The highest BCUT2D eigenvalue weighted by Gasteiger charge is 2.53. The topological polar surface area (TPSA) is 20.2 Å². The molecule has 4 aliphatic rings. The summed E-state index contributed by atoms with van der Waals surface area (Å²) < 4.78 is 0. The summed E-state index contributed by atoms with van der Waals surface area (Å²) >= 11 is 7.80. The van der Waals surface area contributed by atoms with Gasteiger partial charge in [-0.05, 0) is 79.9 Å². The van der Waals surface area contributed by atoms with Crippen LogP contribution in [0.25, 0.3) is 0 Å². The molecule has 1 aromatic carbocycles. The van der Waals surface area contributed by atoms with Crippen molar-refractivity contribution in [2.75, 3.05) is 5.75 Å². The number of halogens is 1. The molecule has 1 unspecified atom stereocenters. The van der Waals surface area contributed by atoms with E-state index in [2.05, 4.69) is 6.07 Å². The van der Waals surface area contributed by atoms with Crippen molar-refractivity contribution in [3.05, 3.63) is 29.3 Å². The van der Waals surface area contributed by atoms with E-state index in [0.29, 0.717) is 0 Å². The molecule has 4 saturated carbocycles. The Balaban J connectivity index is 1.44. The van der Waals surface area contributed by atoms with E-state index in [-0.39, 0.29) is 11.5 Å². The molecule has 4 fully saturated rings. The smallest absolute Gasteiger partial charge is 0.0690 e. The second-order valence-electron chi connectivity index (χ2n) is 7.56. The third kappa shape index (κ3) is 2.75. The molecule has 114 valence electrons. The van der Waals surface area contributed by atoms with Crippen molar-refractivity contribution in [1.29, 1.82) is 0 Å². The zero-order valence-corrected chi connectivity index (χ0v) is 13.9. The van der Waals surface area contributed by atoms with Crippen LogP contribution in [-0.4, -0.2) is 17.0 Å². The molecular weight excluding hydrogens is 300 g/mol. The second kappa shape index (κ2) is 5.47. The van der Waals surface area contributed by atoms with Gasteiger partial charge in [0.25, 0.3) is 0 Å². The number of aliphatic hydroxyl groups is 1. The number of rotatable bonds is 4. The lowest BCUT2D eigenvalue weighted by atomic mass is 9.48. The maximum absolute atomic E-state index is 10.9. The zero-order valence-electron chi connectivity index (χ0n) is 12.3. The van der Waals surface area contributed by atoms with Gasteiger partial charge >= 0.3 is 0 Å². The highest BCUT2D eigenvalue weighted by molar-refractivity contribution is 7.99. The molecule has 0 aromatic heterocycles. The minimum atomic E-state index is -0.158. The van der Waals surface area contributed by atoms with E-state index < -0.39 is 0 Å². The molecule has 3 heteroatoms. The highest BCUT2D eigenvalue weighted by atomic mass is 35.5. The SMILES string of the molecule is OC(CSc1cccc(Cl)c1)C12CC3CC(CC(C3)C1)C2. The van der Waals surface area contributed by atoms with Gasteiger partial charge in [0.05, 0.1) is 6.10 Å². The Kier molecular flexibility index (Phi) is 3.76. The number of benzene rings is 1. The molecule has 0 radical (unpaired) electrons. The molecule has 4 aliphatic carbocycles. The molecule has 5 rings (SSSR count). The maximum Gasteiger partial charge on any atom is 0.0690 e. The number of hydrogen-bond donors (Lipinski definition) is 1. The highest BCUT2D eigenvalue weighted by Crippen LogP contribution is 2.61. The van der Waals surface area contributed by atoms with Crippen LogP contribution in [0.3, 0.4) is 0 Å². The summed E-state index contributed by atoms with van der Waals surface area (Å²) in [6.45, 7) is 0. The van der Waals surface area contributed by atoms with Crippen LogP contribution in [-0.2, 0) is 0 Å². The van der Waals surface area contributed by atoms with E-state index in [4.69, 9.17) is 11.6 Å². The fraction of sp³-hybridized carbons (Fsp3) is 0.667. The quantitative estimate of drug-likeness (QED) is 0.786. The fourth-order valence-corrected chi connectivity index (χ4v) is 6.84. The first-order chi connectivity index (χ1) is 10.1. The zero-order chi connectivity index (χ0) is 14.4. The van der Waals surface area contributed by atoms with Crippen LogP contribution in [0.1, 0.15) is 38.5 Å². The van der Waals surface area contributed by atoms with Gasteiger partial charge in [-0.15, -0.1) is 11.8 Å². The van der Waals surface area contributed by atoms with Crippen molar-refractivity contribution in [3.8, 4) is 0 Å². The van der Waals surface area contributed by atoms with Crippen LogP contribution < -0.4 is 0 Å². The lowest BCUT2D eigenvalue weighted by molar-refractivity contribution is -0.112. The average molecular weight is 323 g/mol. The molecule has 0 spiro atoms. The lowest BCUT2D eigenvalue weighted by Gasteiger charge is -2.58. The number of aliphatic hydroxyl groups excluding tert-OH is 1. The van der Waals surface area contributed by atoms with Crippen LogP contribution in [0.5, 0.6) is 0 Å². The van der Waals surface area contributed by atoms with Crippen LogP contribution in [0.2, 0.25) is 5.02 Å². The Morgan fingerprint density at radius 2 is 1.76 bits per heavy atom. The molecule has 0 amide bonds. The molecule has 1 nitrogen and oxygen atoms in total. The van der Waals surface area contributed by atoms with Crippen molar-refractivity contribution in [1.82, 2.24) is 0 Å². The first-order valence-corrected chi connectivity index (χ1v) is 9.56. The Hall–Kier alpha value is -0.180. The summed E-state index contributed by atoms with van der Waals surface area (Å²) in [6, 6.07) is 7.98. The lowest BCUT2D eigenvalue weighted by Crippen LogP contribution is -2.52. The maximum atomic E-state index is 10.9. The van der Waals surface area contributed by atoms with Crippen LogP contribution >= 0.6 is 23.4 Å². The third-order valence-corrected chi connectivity index (χ3v) is 7.30. The average Bonchev–Trinajstić information content (AvgIpc) is 2.43. The van der Waals surface area contributed by atoms with Gasteiger partial charge in [-0.1, -0.05) is 17.7 Å². The Labute approximate surface area is 136 Å². The van der Waals surface area contributed by atoms with E-state index in [9.17, 15) is 5.11 Å². The van der Waals surface area contributed by atoms with Crippen LogP contribution in [0, 0.1) is 23.2 Å². The molecule has 1 atom stereocenters. The van der Waals surface area contributed by atoms with E-state index >= 15 is 0 Å². The fourth-order valence-electron chi connectivity index (χ4n) is 5.49. The molecule has 1 aromatic rings.